The van der Waals surface area contributed by atoms with Crippen molar-refractivity contribution in [2.75, 3.05) is 31.8 Å². The maximum absolute atomic E-state index is 14.9. The van der Waals surface area contributed by atoms with Crippen LogP contribution in [0.15, 0.2) is 42.7 Å². The molecule has 1 aromatic carbocycles. The first-order valence-corrected chi connectivity index (χ1v) is 13.2. The van der Waals surface area contributed by atoms with E-state index in [2.05, 4.69) is 14.7 Å². The summed E-state index contributed by atoms with van der Waals surface area (Å²) in [4.78, 5) is 14.9. The first-order valence-electron chi connectivity index (χ1n) is 11.7. The summed E-state index contributed by atoms with van der Waals surface area (Å²) in [6.07, 6.45) is 4.66. The third kappa shape index (κ3) is 5.17. The van der Waals surface area contributed by atoms with Crippen molar-refractivity contribution in [1.29, 1.82) is 0 Å². The van der Waals surface area contributed by atoms with Gasteiger partial charge in [-0.1, -0.05) is 0 Å². The van der Waals surface area contributed by atoms with Crippen LogP contribution in [-0.2, 0) is 14.8 Å². The topological polar surface area (TPSA) is 102 Å². The van der Waals surface area contributed by atoms with E-state index < -0.39 is 20.7 Å². The first kappa shape index (κ1) is 25.9. The number of sulfonamides is 1. The van der Waals surface area contributed by atoms with Gasteiger partial charge in [-0.05, 0) is 63.9 Å². The van der Waals surface area contributed by atoms with Crippen LogP contribution in [0.4, 0.5) is 10.1 Å². The summed E-state index contributed by atoms with van der Waals surface area (Å²) in [5, 5.41) is 4.19. The third-order valence-corrected chi connectivity index (χ3v) is 8.32. The number of anilines is 1. The standard InChI is InChI=1S/C25H31FN4O5S/c1-25(2,3)36(32,33)28-24(31)20-16-27-30-11-9-17(14-23(20)30)29-10-5-6-22(29)19-15-18(7-8-21(19)26)35-13-12-34-4/h7-9,11,14-16,22H,5-6,10,12-13H2,1-4H3,(H,28,31). The summed E-state index contributed by atoms with van der Waals surface area (Å²) < 4.78 is 53.1. The highest BCUT2D eigenvalue weighted by Crippen LogP contribution is 2.39. The Labute approximate surface area is 210 Å². The third-order valence-electron chi connectivity index (χ3n) is 6.25. The lowest BCUT2D eigenvalue weighted by molar-refractivity contribution is 0.0982. The maximum atomic E-state index is 14.9. The fourth-order valence-electron chi connectivity index (χ4n) is 4.16. The van der Waals surface area contributed by atoms with Crippen LogP contribution in [0.1, 0.15) is 55.6 Å². The number of amides is 1. The zero-order valence-corrected chi connectivity index (χ0v) is 21.6. The Balaban J connectivity index is 1.64. The van der Waals surface area contributed by atoms with Crippen LogP contribution in [0.3, 0.4) is 0 Å². The van der Waals surface area contributed by atoms with Crippen LogP contribution in [0.5, 0.6) is 5.75 Å². The van der Waals surface area contributed by atoms with Crippen molar-refractivity contribution in [3.05, 3.63) is 59.7 Å². The predicted octanol–water partition coefficient (Wildman–Crippen LogP) is 3.70. The molecule has 1 saturated heterocycles. The van der Waals surface area contributed by atoms with Crippen molar-refractivity contribution < 1.29 is 27.1 Å². The largest absolute Gasteiger partial charge is 0.491 e. The molecule has 1 amide bonds. The summed E-state index contributed by atoms with van der Waals surface area (Å²) in [5.41, 5.74) is 1.91. The van der Waals surface area contributed by atoms with Gasteiger partial charge >= 0.3 is 0 Å². The number of carbonyl (C=O) groups is 1. The molecule has 9 nitrogen and oxygen atoms in total. The van der Waals surface area contributed by atoms with E-state index in [1.807, 2.05) is 6.07 Å². The van der Waals surface area contributed by atoms with E-state index in [4.69, 9.17) is 9.47 Å². The Morgan fingerprint density at radius 3 is 2.72 bits per heavy atom. The van der Waals surface area contributed by atoms with Gasteiger partial charge in [0.25, 0.3) is 5.91 Å². The summed E-state index contributed by atoms with van der Waals surface area (Å²) >= 11 is 0. The number of pyridine rings is 1. The van der Waals surface area contributed by atoms with E-state index in [1.165, 1.54) is 37.5 Å². The van der Waals surface area contributed by atoms with Gasteiger partial charge in [0.2, 0.25) is 10.0 Å². The van der Waals surface area contributed by atoms with Gasteiger partial charge in [0, 0.05) is 31.1 Å². The molecule has 2 aromatic heterocycles. The average molecular weight is 519 g/mol. The molecule has 4 rings (SSSR count). The number of hydrogen-bond donors (Lipinski definition) is 1. The first-order chi connectivity index (χ1) is 17.0. The molecule has 194 valence electrons. The lowest BCUT2D eigenvalue weighted by Gasteiger charge is -2.28. The van der Waals surface area contributed by atoms with Crippen molar-refractivity contribution in [3.8, 4) is 5.75 Å². The summed E-state index contributed by atoms with van der Waals surface area (Å²) in [6, 6.07) is 8.14. The Kier molecular flexibility index (Phi) is 7.24. The molecule has 11 heteroatoms. The molecular weight excluding hydrogens is 487 g/mol. The highest BCUT2D eigenvalue weighted by molar-refractivity contribution is 7.91. The molecule has 1 atom stereocenters. The number of fused-ring (bicyclic) bond motifs is 1. The van der Waals surface area contributed by atoms with Gasteiger partial charge in [0.15, 0.2) is 0 Å². The molecule has 1 N–H and O–H groups in total. The smallest absolute Gasteiger partial charge is 0.268 e. The molecule has 1 unspecified atom stereocenters. The lowest BCUT2D eigenvalue weighted by Crippen LogP contribution is -2.42. The zero-order chi connectivity index (χ0) is 26.1. The van der Waals surface area contributed by atoms with Gasteiger partial charge in [-0.2, -0.15) is 5.10 Å². The number of ether oxygens (including phenoxy) is 2. The Morgan fingerprint density at radius 2 is 2.00 bits per heavy atom. The zero-order valence-electron chi connectivity index (χ0n) is 20.8. The summed E-state index contributed by atoms with van der Waals surface area (Å²) in [6.45, 7) is 6.04. The van der Waals surface area contributed by atoms with Crippen molar-refractivity contribution >= 4 is 27.1 Å². The Bertz CT molecular complexity index is 1370. The molecule has 3 heterocycles. The number of hydrogen-bond acceptors (Lipinski definition) is 7. The van der Waals surface area contributed by atoms with Crippen molar-refractivity contribution in [1.82, 2.24) is 14.3 Å². The second-order valence-electron chi connectivity index (χ2n) is 9.70. The average Bonchev–Trinajstić information content (AvgIpc) is 3.46. The lowest BCUT2D eigenvalue weighted by atomic mass is 10.0. The van der Waals surface area contributed by atoms with Crippen LogP contribution in [0, 0.1) is 5.82 Å². The van der Waals surface area contributed by atoms with Gasteiger partial charge in [-0.15, -0.1) is 0 Å². The van der Waals surface area contributed by atoms with Crippen molar-refractivity contribution in [3.63, 3.8) is 0 Å². The molecule has 1 fully saturated rings. The number of nitrogens with zero attached hydrogens (tertiary/aromatic N) is 3. The highest BCUT2D eigenvalue weighted by Gasteiger charge is 2.32. The minimum atomic E-state index is -3.89. The normalized spacial score (nSPS) is 16.5. The molecule has 0 aliphatic carbocycles. The fraction of sp³-hybridized carbons (Fsp3) is 0.440. The second-order valence-corrected chi connectivity index (χ2v) is 12.1. The minimum absolute atomic E-state index is 0.139. The Morgan fingerprint density at radius 1 is 1.22 bits per heavy atom. The van der Waals surface area contributed by atoms with E-state index >= 15 is 0 Å². The molecule has 3 aromatic rings. The number of nitrogens with one attached hydrogen (secondary N) is 1. The van der Waals surface area contributed by atoms with Gasteiger partial charge in [-0.25, -0.2) is 22.0 Å². The predicted molar refractivity (Wildman–Crippen MR) is 134 cm³/mol. The monoisotopic (exact) mass is 518 g/mol. The van der Waals surface area contributed by atoms with Crippen LogP contribution in [-0.4, -0.2) is 55.6 Å². The number of halogens is 1. The number of rotatable bonds is 8. The molecule has 0 radical (unpaired) electrons. The maximum Gasteiger partial charge on any atom is 0.268 e. The van der Waals surface area contributed by atoms with E-state index in [1.54, 1.807) is 31.5 Å². The Hall–Kier alpha value is -3.18. The molecule has 1 aliphatic rings. The number of carbonyl (C=O) groups excluding carboxylic acids is 1. The van der Waals surface area contributed by atoms with Crippen LogP contribution in [0.2, 0.25) is 0 Å². The van der Waals surface area contributed by atoms with Crippen LogP contribution < -0.4 is 14.4 Å². The SMILES string of the molecule is COCCOc1ccc(F)c(C2CCCN2c2ccn3ncc(C(=O)NS(=O)(=O)C(C)(C)C)c3c2)c1. The van der Waals surface area contributed by atoms with Crippen molar-refractivity contribution in [2.24, 2.45) is 0 Å². The summed E-state index contributed by atoms with van der Waals surface area (Å²) in [7, 11) is -2.30. The quantitative estimate of drug-likeness (QED) is 0.454. The molecule has 1 aliphatic heterocycles. The molecule has 0 bridgehead atoms. The van der Waals surface area contributed by atoms with Crippen LogP contribution >= 0.6 is 0 Å². The fourth-order valence-corrected chi connectivity index (χ4v) is 4.82. The number of aromatic nitrogens is 2. The van der Waals surface area contributed by atoms with Crippen molar-refractivity contribution in [2.45, 2.75) is 44.4 Å². The van der Waals surface area contributed by atoms with Gasteiger partial charge in [0.05, 0.1) is 34.7 Å². The molecule has 0 saturated carbocycles. The molecule has 0 spiro atoms. The second kappa shape index (κ2) is 10.1. The molecule has 36 heavy (non-hydrogen) atoms. The molecular formula is C25H31FN4O5S. The van der Waals surface area contributed by atoms with E-state index in [9.17, 15) is 17.6 Å². The minimum Gasteiger partial charge on any atom is -0.491 e. The highest BCUT2D eigenvalue weighted by atomic mass is 32.2. The van der Waals surface area contributed by atoms with Gasteiger partial charge in [0.1, 0.15) is 18.2 Å². The number of methoxy groups -OCH3 is 1. The summed E-state index contributed by atoms with van der Waals surface area (Å²) in [5.74, 6) is -0.494. The van der Waals surface area contributed by atoms with E-state index in [0.717, 1.165) is 18.5 Å². The van der Waals surface area contributed by atoms with E-state index in [0.29, 0.717) is 36.6 Å². The van der Waals surface area contributed by atoms with E-state index in [-0.39, 0.29) is 17.4 Å². The van der Waals surface area contributed by atoms with Crippen LogP contribution in [0.25, 0.3) is 5.52 Å². The number of benzene rings is 1. The van der Waals surface area contributed by atoms with Gasteiger partial charge in [-0.3, -0.25) is 4.79 Å². The van der Waals surface area contributed by atoms with Gasteiger partial charge < -0.3 is 14.4 Å².